The van der Waals surface area contributed by atoms with Crippen LogP contribution in [0, 0.1) is 12.3 Å². The van der Waals surface area contributed by atoms with Gasteiger partial charge in [-0.25, -0.2) is 0 Å². The maximum absolute atomic E-state index is 13.6. The van der Waals surface area contributed by atoms with Gasteiger partial charge in [-0.3, -0.25) is 9.89 Å². The molecule has 1 atom stereocenters. The number of ether oxygens (including phenoxy) is 1. The molecule has 0 amide bonds. The number of rotatable bonds is 4. The van der Waals surface area contributed by atoms with Gasteiger partial charge in [0.05, 0.1) is 12.3 Å². The van der Waals surface area contributed by atoms with Crippen LogP contribution in [0.5, 0.6) is 5.75 Å². The summed E-state index contributed by atoms with van der Waals surface area (Å²) in [5, 5.41) is 11.4. The lowest BCUT2D eigenvalue weighted by molar-refractivity contribution is -0.118. The van der Waals surface area contributed by atoms with E-state index in [2.05, 4.69) is 66.6 Å². The minimum Gasteiger partial charge on any atom is -0.494 e. The highest BCUT2D eigenvalue weighted by Gasteiger charge is 2.43. The minimum absolute atomic E-state index is 0.0828. The molecular weight excluding hydrogens is 398 g/mol. The molecule has 1 aromatic heterocycles. The van der Waals surface area contributed by atoms with E-state index in [1.54, 1.807) is 0 Å². The second-order valence-corrected chi connectivity index (χ2v) is 9.59. The van der Waals surface area contributed by atoms with Crippen molar-refractivity contribution in [1.29, 1.82) is 0 Å². The Kier molecular flexibility index (Phi) is 4.92. The molecule has 0 unspecified atom stereocenters. The number of aryl methyl sites for hydroxylation is 1. The van der Waals surface area contributed by atoms with E-state index in [0.29, 0.717) is 13.0 Å². The maximum Gasteiger partial charge on any atom is 0.162 e. The smallest absolute Gasteiger partial charge is 0.162 e. The van der Waals surface area contributed by atoms with Crippen LogP contribution in [0.4, 0.5) is 5.82 Å². The van der Waals surface area contributed by atoms with E-state index in [0.717, 1.165) is 51.6 Å². The van der Waals surface area contributed by atoms with E-state index in [1.807, 2.05) is 25.1 Å². The van der Waals surface area contributed by atoms with Crippen molar-refractivity contribution in [2.24, 2.45) is 5.41 Å². The molecule has 2 aromatic carbocycles. The van der Waals surface area contributed by atoms with Crippen LogP contribution >= 0.6 is 0 Å². The van der Waals surface area contributed by atoms with Crippen molar-refractivity contribution in [2.45, 2.75) is 46.5 Å². The zero-order chi connectivity index (χ0) is 22.5. The van der Waals surface area contributed by atoms with Gasteiger partial charge in [0.15, 0.2) is 11.6 Å². The first-order chi connectivity index (χ1) is 15.4. The Hall–Kier alpha value is -3.34. The molecule has 5 heteroatoms. The fraction of sp³-hybridized carbons (Fsp3) is 0.333. The average Bonchev–Trinajstić information content (AvgIpc) is 3.16. The summed E-state index contributed by atoms with van der Waals surface area (Å²) >= 11 is 0. The zero-order valence-corrected chi connectivity index (χ0v) is 19.1. The normalized spacial score (nSPS) is 19.2. The Balaban J connectivity index is 1.75. The SMILES string of the molecule is CCOc1ccccc1[C@@H]1C2=C(CC(C)(C)CC2=O)Nc2n[nH]c(-c3ccc(C)cc3)c21. The number of aromatic amines is 1. The fourth-order valence-electron chi connectivity index (χ4n) is 5.05. The molecule has 5 rings (SSSR count). The molecule has 0 saturated heterocycles. The first kappa shape index (κ1) is 20.6. The second-order valence-electron chi connectivity index (χ2n) is 9.59. The van der Waals surface area contributed by atoms with E-state index >= 15 is 0 Å². The largest absolute Gasteiger partial charge is 0.494 e. The number of fused-ring (bicyclic) bond motifs is 1. The number of nitrogens with one attached hydrogen (secondary N) is 2. The molecule has 0 saturated carbocycles. The number of Topliss-reactive ketones (excluding diaryl/α,β-unsaturated/α-hetero) is 1. The number of benzene rings is 2. The Bertz CT molecular complexity index is 1220. The van der Waals surface area contributed by atoms with E-state index in [4.69, 9.17) is 4.74 Å². The van der Waals surface area contributed by atoms with Crippen LogP contribution in [0.15, 0.2) is 59.8 Å². The fourth-order valence-corrected chi connectivity index (χ4v) is 5.05. The number of hydrogen-bond donors (Lipinski definition) is 2. The van der Waals surface area contributed by atoms with E-state index in [9.17, 15) is 4.79 Å². The number of aromatic nitrogens is 2. The van der Waals surface area contributed by atoms with E-state index in [-0.39, 0.29) is 17.1 Å². The highest BCUT2D eigenvalue weighted by molar-refractivity contribution is 6.02. The summed E-state index contributed by atoms with van der Waals surface area (Å²) in [5.74, 6) is 1.57. The molecule has 164 valence electrons. The lowest BCUT2D eigenvalue weighted by Crippen LogP contribution is -2.33. The number of ketones is 1. The third kappa shape index (κ3) is 3.42. The summed E-state index contributed by atoms with van der Waals surface area (Å²) in [4.78, 5) is 13.6. The molecule has 5 nitrogen and oxygen atoms in total. The molecule has 32 heavy (non-hydrogen) atoms. The van der Waals surface area contributed by atoms with Gasteiger partial charge < -0.3 is 10.1 Å². The average molecular weight is 428 g/mol. The predicted octanol–water partition coefficient (Wildman–Crippen LogP) is 5.98. The molecule has 2 heterocycles. The Morgan fingerprint density at radius 3 is 2.59 bits per heavy atom. The molecule has 3 aromatic rings. The van der Waals surface area contributed by atoms with Crippen molar-refractivity contribution in [3.63, 3.8) is 0 Å². The maximum atomic E-state index is 13.6. The van der Waals surface area contributed by atoms with Gasteiger partial charge in [-0.1, -0.05) is 61.9 Å². The van der Waals surface area contributed by atoms with Crippen molar-refractivity contribution in [2.75, 3.05) is 11.9 Å². The third-order valence-electron chi connectivity index (χ3n) is 6.44. The number of anilines is 1. The van der Waals surface area contributed by atoms with Crippen LogP contribution in [0.1, 0.15) is 56.2 Å². The Morgan fingerprint density at radius 1 is 1.09 bits per heavy atom. The van der Waals surface area contributed by atoms with Crippen LogP contribution in [0.3, 0.4) is 0 Å². The molecule has 0 radical (unpaired) electrons. The van der Waals surface area contributed by atoms with Gasteiger partial charge in [-0.15, -0.1) is 0 Å². The second kappa shape index (κ2) is 7.66. The van der Waals surface area contributed by atoms with Crippen molar-refractivity contribution in [1.82, 2.24) is 10.2 Å². The Labute approximate surface area is 188 Å². The quantitative estimate of drug-likeness (QED) is 0.537. The number of allylic oxidation sites excluding steroid dienone is 2. The molecular formula is C27H29N3O2. The van der Waals surface area contributed by atoms with Gasteiger partial charge in [-0.05, 0) is 37.3 Å². The summed E-state index contributed by atoms with van der Waals surface area (Å²) in [5.41, 5.74) is 6.95. The van der Waals surface area contributed by atoms with Gasteiger partial charge >= 0.3 is 0 Å². The summed E-state index contributed by atoms with van der Waals surface area (Å²) in [6.45, 7) is 8.93. The lowest BCUT2D eigenvalue weighted by atomic mass is 9.68. The van der Waals surface area contributed by atoms with Gasteiger partial charge in [0.1, 0.15) is 5.75 Å². The summed E-state index contributed by atoms with van der Waals surface area (Å²) < 4.78 is 6.01. The van der Waals surface area contributed by atoms with Crippen LogP contribution in [0.25, 0.3) is 11.3 Å². The molecule has 1 aliphatic carbocycles. The van der Waals surface area contributed by atoms with Gasteiger partial charge in [0.2, 0.25) is 0 Å². The molecule has 2 aliphatic rings. The number of nitrogens with zero attached hydrogens (tertiary/aromatic N) is 1. The first-order valence-corrected chi connectivity index (χ1v) is 11.3. The number of carbonyl (C=O) groups is 1. The predicted molar refractivity (Wildman–Crippen MR) is 127 cm³/mol. The summed E-state index contributed by atoms with van der Waals surface area (Å²) in [6.07, 6.45) is 1.35. The van der Waals surface area contributed by atoms with Crippen LogP contribution < -0.4 is 10.1 Å². The van der Waals surface area contributed by atoms with Gasteiger partial charge in [0.25, 0.3) is 0 Å². The zero-order valence-electron chi connectivity index (χ0n) is 19.1. The van der Waals surface area contributed by atoms with Crippen molar-refractivity contribution < 1.29 is 9.53 Å². The first-order valence-electron chi connectivity index (χ1n) is 11.3. The van der Waals surface area contributed by atoms with Crippen LogP contribution in [0.2, 0.25) is 0 Å². The number of H-pyrrole nitrogens is 1. The van der Waals surface area contributed by atoms with E-state index < -0.39 is 0 Å². The van der Waals surface area contributed by atoms with Crippen molar-refractivity contribution >= 4 is 11.6 Å². The van der Waals surface area contributed by atoms with Gasteiger partial charge in [-0.2, -0.15) is 5.10 Å². The highest BCUT2D eigenvalue weighted by Crippen LogP contribution is 2.52. The monoisotopic (exact) mass is 427 g/mol. The van der Waals surface area contributed by atoms with Crippen molar-refractivity contribution in [3.8, 4) is 17.0 Å². The van der Waals surface area contributed by atoms with Crippen LogP contribution in [-0.2, 0) is 4.79 Å². The number of para-hydroxylation sites is 1. The van der Waals surface area contributed by atoms with Gasteiger partial charge in [0, 0.05) is 34.7 Å². The molecule has 2 N–H and O–H groups in total. The Morgan fingerprint density at radius 2 is 1.84 bits per heavy atom. The minimum atomic E-state index is -0.234. The topological polar surface area (TPSA) is 67.0 Å². The molecule has 1 aliphatic heterocycles. The third-order valence-corrected chi connectivity index (χ3v) is 6.44. The molecule has 0 bridgehead atoms. The van der Waals surface area contributed by atoms with Crippen molar-refractivity contribution in [3.05, 3.63) is 76.5 Å². The number of hydrogen-bond acceptors (Lipinski definition) is 4. The number of carbonyl (C=O) groups excluding carboxylic acids is 1. The standard InChI is InChI=1S/C27H29N3O2/c1-5-32-21-9-7-6-8-18(21)22-23-19(14-27(3,4)15-20(23)31)28-26-24(22)25(29-30-26)17-12-10-16(2)11-13-17/h6-13,22H,5,14-15H2,1-4H3,(H2,28,29,30)/t22-/m1/s1. The molecule has 0 spiro atoms. The van der Waals surface area contributed by atoms with Crippen LogP contribution in [-0.4, -0.2) is 22.6 Å². The summed E-state index contributed by atoms with van der Waals surface area (Å²) in [7, 11) is 0. The van der Waals surface area contributed by atoms with E-state index in [1.165, 1.54) is 5.56 Å². The lowest BCUT2D eigenvalue weighted by Gasteiger charge is -2.38. The molecule has 0 fully saturated rings. The summed E-state index contributed by atoms with van der Waals surface area (Å²) in [6, 6.07) is 16.5. The highest BCUT2D eigenvalue weighted by atomic mass is 16.5.